The van der Waals surface area contributed by atoms with Gasteiger partial charge in [0, 0.05) is 48.1 Å². The Morgan fingerprint density at radius 2 is 1.67 bits per heavy atom. The average Bonchev–Trinajstić information content (AvgIpc) is 3.74. The molecule has 1 amide bonds. The third-order valence-corrected chi connectivity index (χ3v) is 10.8. The molecule has 246 valence electrons. The number of carbonyl (C=O) groups is 3. The lowest BCUT2D eigenvalue weighted by Crippen LogP contribution is -2.69. The van der Waals surface area contributed by atoms with Gasteiger partial charge in [-0.3, -0.25) is 24.2 Å². The molecule has 0 radical (unpaired) electrons. The quantitative estimate of drug-likeness (QED) is 0.242. The van der Waals surface area contributed by atoms with Crippen LogP contribution in [0.3, 0.4) is 0 Å². The summed E-state index contributed by atoms with van der Waals surface area (Å²) in [6.07, 6.45) is 2.40. The second-order valence-corrected chi connectivity index (χ2v) is 13.8. The number of rotatable bonds is 10. The maximum atomic E-state index is 15.7. The number of carboxylic acids is 1. The van der Waals surface area contributed by atoms with E-state index in [0.717, 1.165) is 29.0 Å². The fourth-order valence-corrected chi connectivity index (χ4v) is 8.22. The number of amides is 1. The number of hydrogen-bond donors (Lipinski definition) is 2. The Kier molecular flexibility index (Phi) is 10.1. The number of carboxylic acid groups (broad SMARTS) is 1. The molecule has 8 nitrogen and oxygen atoms in total. The molecule has 1 aliphatic carbocycles. The largest absolute Gasteiger partial charge is 0.481 e. The number of thiophene rings is 1. The zero-order valence-electron chi connectivity index (χ0n) is 25.5. The average molecular weight is 674 g/mol. The van der Waals surface area contributed by atoms with E-state index in [9.17, 15) is 23.9 Å². The molecule has 6 rings (SSSR count). The normalized spacial score (nSPS) is 22.9. The molecule has 3 aromatic rings. The van der Waals surface area contributed by atoms with Crippen molar-refractivity contribution in [1.29, 1.82) is 0 Å². The molecule has 3 heterocycles. The van der Waals surface area contributed by atoms with Crippen molar-refractivity contribution in [3.63, 3.8) is 0 Å². The number of anilines is 1. The predicted molar refractivity (Wildman–Crippen MR) is 174 cm³/mol. The Labute approximate surface area is 275 Å². The van der Waals surface area contributed by atoms with E-state index in [1.807, 2.05) is 34.1 Å². The van der Waals surface area contributed by atoms with Gasteiger partial charge in [-0.05, 0) is 75.1 Å². The molecular weight excluding hydrogens is 636 g/mol. The number of likely N-dealkylation sites (tertiary alicyclic amines) is 2. The number of halogens is 3. The number of hydrogen-bond acceptors (Lipinski definition) is 7. The first kappa shape index (κ1) is 33.0. The van der Waals surface area contributed by atoms with E-state index in [2.05, 4.69) is 5.32 Å². The van der Waals surface area contributed by atoms with Crippen molar-refractivity contribution in [2.45, 2.75) is 75.9 Å². The number of fused-ring (bicyclic) bond motifs is 1. The van der Waals surface area contributed by atoms with Crippen LogP contribution >= 0.6 is 22.9 Å². The highest BCUT2D eigenvalue weighted by atomic mass is 35.5. The summed E-state index contributed by atoms with van der Waals surface area (Å²) >= 11 is 8.01. The number of nitrogens with one attached hydrogen (secondary N) is 1. The Morgan fingerprint density at radius 1 is 1.00 bits per heavy atom. The molecular formula is C34H38ClF2N3O5S. The fourth-order valence-electron chi connectivity index (χ4n) is 7.05. The third kappa shape index (κ3) is 6.71. The van der Waals surface area contributed by atoms with E-state index < -0.39 is 35.6 Å². The molecule has 2 aromatic carbocycles. The van der Waals surface area contributed by atoms with Crippen molar-refractivity contribution in [2.24, 2.45) is 5.92 Å². The van der Waals surface area contributed by atoms with Gasteiger partial charge in [0.05, 0.1) is 28.3 Å². The summed E-state index contributed by atoms with van der Waals surface area (Å²) in [6, 6.07) is 10.0. The number of alkyl halides is 1. The van der Waals surface area contributed by atoms with E-state index in [0.29, 0.717) is 57.4 Å². The van der Waals surface area contributed by atoms with Crippen LogP contribution in [0, 0.1) is 11.7 Å². The molecule has 1 aromatic heterocycles. The van der Waals surface area contributed by atoms with Gasteiger partial charge in [-0.25, -0.2) is 8.78 Å². The van der Waals surface area contributed by atoms with Gasteiger partial charge in [-0.2, -0.15) is 0 Å². The van der Waals surface area contributed by atoms with Gasteiger partial charge >= 0.3 is 5.97 Å². The van der Waals surface area contributed by atoms with Crippen LogP contribution in [0.25, 0.3) is 10.1 Å². The van der Waals surface area contributed by atoms with Gasteiger partial charge in [0.1, 0.15) is 12.0 Å². The predicted octanol–water partition coefficient (Wildman–Crippen LogP) is 6.90. The maximum Gasteiger partial charge on any atom is 0.306 e. The lowest BCUT2D eigenvalue weighted by Gasteiger charge is -2.51. The summed E-state index contributed by atoms with van der Waals surface area (Å²) in [4.78, 5) is 43.2. The van der Waals surface area contributed by atoms with Crippen molar-refractivity contribution < 1.29 is 33.0 Å². The van der Waals surface area contributed by atoms with Gasteiger partial charge in [0.2, 0.25) is 5.85 Å². The van der Waals surface area contributed by atoms with E-state index >= 15 is 4.39 Å². The van der Waals surface area contributed by atoms with Crippen molar-refractivity contribution >= 4 is 56.4 Å². The van der Waals surface area contributed by atoms with Crippen LogP contribution < -0.4 is 5.32 Å². The Morgan fingerprint density at radius 3 is 2.37 bits per heavy atom. The molecule has 2 saturated heterocycles. The van der Waals surface area contributed by atoms with E-state index in [4.69, 9.17) is 16.3 Å². The second-order valence-electron chi connectivity index (χ2n) is 12.5. The molecule has 3 aliphatic rings. The molecule has 12 heteroatoms. The summed E-state index contributed by atoms with van der Waals surface area (Å²) in [5, 5.41) is 14.8. The van der Waals surface area contributed by atoms with Crippen molar-refractivity contribution in [1.82, 2.24) is 9.80 Å². The molecule has 1 unspecified atom stereocenters. The standard InChI is InChI=1S/C34H38ClF2N3O5S/c35-27-17-22(28(37)19-29(27)38-32(42)26-20-46-30-6-2-1-5-25(26)30)18-31(41)34(39-13-3-4-14-39,40-15-11-23(36)12-16-40)45-24-9-7-21(8-10-24)33(43)44/h1-2,5-6,17,19-21,23-24H,3-4,7-16,18H2,(H,38,42)(H,43,44)/t21-,24-,34?. The number of ether oxygens (including phenoxy) is 1. The lowest BCUT2D eigenvalue weighted by atomic mass is 9.87. The molecule has 2 N–H and O–H groups in total. The fraction of sp³-hybridized carbons (Fsp3) is 0.500. The Bertz CT molecular complexity index is 1600. The van der Waals surface area contributed by atoms with Gasteiger partial charge in [-0.15, -0.1) is 11.3 Å². The van der Waals surface area contributed by atoms with Crippen molar-refractivity contribution in [2.75, 3.05) is 31.5 Å². The van der Waals surface area contributed by atoms with Gasteiger partial charge in [-0.1, -0.05) is 29.8 Å². The van der Waals surface area contributed by atoms with Gasteiger partial charge in [0.15, 0.2) is 5.78 Å². The van der Waals surface area contributed by atoms with Crippen LogP contribution in [0.1, 0.15) is 67.3 Å². The number of Topliss-reactive ketones (excluding diaryl/α,β-unsaturated/α-hetero) is 1. The monoisotopic (exact) mass is 673 g/mol. The number of piperidine rings is 1. The van der Waals surface area contributed by atoms with E-state index in [-0.39, 0.29) is 47.4 Å². The second kappa shape index (κ2) is 14.0. The molecule has 2 aliphatic heterocycles. The number of aliphatic carboxylic acids is 1. The van der Waals surface area contributed by atoms with Crippen LogP contribution in [-0.2, 0) is 20.7 Å². The Hall–Kier alpha value is -2.96. The molecule has 3 fully saturated rings. The number of ketones is 1. The van der Waals surface area contributed by atoms with Gasteiger partial charge < -0.3 is 15.2 Å². The van der Waals surface area contributed by atoms with Crippen molar-refractivity contribution in [3.05, 3.63) is 63.7 Å². The first-order chi connectivity index (χ1) is 22.2. The molecule has 1 saturated carbocycles. The van der Waals surface area contributed by atoms with Crippen LogP contribution in [0.5, 0.6) is 0 Å². The number of nitrogens with zero attached hydrogens (tertiary/aromatic N) is 2. The summed E-state index contributed by atoms with van der Waals surface area (Å²) in [7, 11) is 0. The zero-order chi connectivity index (χ0) is 32.4. The summed E-state index contributed by atoms with van der Waals surface area (Å²) in [5.41, 5.74) is 0.618. The maximum absolute atomic E-state index is 15.7. The highest BCUT2D eigenvalue weighted by Crippen LogP contribution is 2.38. The number of carbonyl (C=O) groups excluding carboxylic acids is 2. The summed E-state index contributed by atoms with van der Waals surface area (Å²) in [6.45, 7) is 1.80. The highest BCUT2D eigenvalue weighted by Gasteiger charge is 2.53. The topological polar surface area (TPSA) is 99.2 Å². The minimum atomic E-state index is -1.54. The van der Waals surface area contributed by atoms with Gasteiger partial charge in [0.25, 0.3) is 5.91 Å². The minimum absolute atomic E-state index is 0.0658. The molecule has 1 atom stereocenters. The van der Waals surface area contributed by atoms with Crippen LogP contribution in [0.4, 0.5) is 14.5 Å². The summed E-state index contributed by atoms with van der Waals surface area (Å²) in [5.74, 6) is -4.30. The first-order valence-electron chi connectivity index (χ1n) is 16.0. The van der Waals surface area contributed by atoms with E-state index in [1.54, 1.807) is 5.38 Å². The zero-order valence-corrected chi connectivity index (χ0v) is 27.1. The smallest absolute Gasteiger partial charge is 0.306 e. The molecule has 46 heavy (non-hydrogen) atoms. The Balaban J connectivity index is 1.27. The van der Waals surface area contributed by atoms with Crippen LogP contribution in [-0.4, -0.2) is 76.9 Å². The highest BCUT2D eigenvalue weighted by molar-refractivity contribution is 7.17. The van der Waals surface area contributed by atoms with Crippen LogP contribution in [0.2, 0.25) is 5.02 Å². The first-order valence-corrected chi connectivity index (χ1v) is 17.2. The number of benzene rings is 2. The van der Waals surface area contributed by atoms with Crippen LogP contribution in [0.15, 0.2) is 41.8 Å². The lowest BCUT2D eigenvalue weighted by molar-refractivity contribution is -0.260. The minimum Gasteiger partial charge on any atom is -0.481 e. The third-order valence-electron chi connectivity index (χ3n) is 9.57. The van der Waals surface area contributed by atoms with E-state index in [1.165, 1.54) is 17.4 Å². The SMILES string of the molecule is O=C(Nc1cc(F)c(CC(=O)C(O[C@H]2CC[C@H](C(=O)O)CC2)(N2CCCC2)N2CCC(F)CC2)cc1Cl)c1csc2ccccc12. The van der Waals surface area contributed by atoms with Crippen molar-refractivity contribution in [3.8, 4) is 0 Å². The molecule has 0 bridgehead atoms. The molecule has 0 spiro atoms. The summed E-state index contributed by atoms with van der Waals surface area (Å²) < 4.78 is 37.8.